The molecule has 0 unspecified atom stereocenters. The molecule has 0 aliphatic heterocycles. The predicted molar refractivity (Wildman–Crippen MR) is 81.5 cm³/mol. The molecule has 0 saturated carbocycles. The topological polar surface area (TPSA) is 68.0 Å². The van der Waals surface area contributed by atoms with E-state index in [9.17, 15) is 4.79 Å². The Kier molecular flexibility index (Phi) is 3.53. The smallest absolute Gasteiger partial charge is 0.280 e. The van der Waals surface area contributed by atoms with Gasteiger partial charge in [-0.3, -0.25) is 10.1 Å². The van der Waals surface area contributed by atoms with Crippen molar-refractivity contribution in [2.45, 2.75) is 13.8 Å². The van der Waals surface area contributed by atoms with E-state index in [1.807, 2.05) is 44.2 Å². The van der Waals surface area contributed by atoms with Crippen molar-refractivity contribution in [1.82, 2.24) is 9.97 Å². The summed E-state index contributed by atoms with van der Waals surface area (Å²) in [5, 5.41) is 3.33. The van der Waals surface area contributed by atoms with Crippen LogP contribution in [0.15, 0.2) is 41.1 Å². The highest BCUT2D eigenvalue weighted by molar-refractivity contribution is 7.15. The molecular formula is C15H13N3O2S. The number of aromatic nitrogens is 2. The second-order valence-corrected chi connectivity index (χ2v) is 5.71. The van der Waals surface area contributed by atoms with E-state index in [-0.39, 0.29) is 11.6 Å². The average molecular weight is 299 g/mol. The van der Waals surface area contributed by atoms with Gasteiger partial charge in [-0.25, -0.2) is 9.97 Å². The standard InChI is InChI=1S/C15H13N3O2S/c1-9-10(2)21-15(17-9)18-14(19)12-13(20-8-16-12)11-6-4-3-5-7-11/h3-8H,1-2H3,(H,17,18,19). The van der Waals surface area contributed by atoms with Crippen LogP contribution in [0.25, 0.3) is 11.3 Å². The summed E-state index contributed by atoms with van der Waals surface area (Å²) >= 11 is 1.44. The Morgan fingerprint density at radius 3 is 2.67 bits per heavy atom. The first-order chi connectivity index (χ1) is 10.1. The fourth-order valence-electron chi connectivity index (χ4n) is 1.88. The lowest BCUT2D eigenvalue weighted by Crippen LogP contribution is -2.13. The van der Waals surface area contributed by atoms with Crippen LogP contribution in [0.4, 0.5) is 5.13 Å². The summed E-state index contributed by atoms with van der Waals surface area (Å²) in [4.78, 5) is 21.7. The molecule has 0 spiro atoms. The van der Waals surface area contributed by atoms with E-state index in [4.69, 9.17) is 4.42 Å². The number of hydrogen-bond donors (Lipinski definition) is 1. The second kappa shape index (κ2) is 5.49. The number of thiazole rings is 1. The summed E-state index contributed by atoms with van der Waals surface area (Å²) in [6.07, 6.45) is 1.27. The zero-order valence-corrected chi connectivity index (χ0v) is 12.4. The third-order valence-corrected chi connectivity index (χ3v) is 4.06. The number of hydrogen-bond acceptors (Lipinski definition) is 5. The van der Waals surface area contributed by atoms with Crippen molar-refractivity contribution < 1.29 is 9.21 Å². The highest BCUT2D eigenvalue weighted by Crippen LogP contribution is 2.25. The third kappa shape index (κ3) is 2.71. The number of nitrogens with zero attached hydrogens (tertiary/aromatic N) is 2. The van der Waals surface area contributed by atoms with Crippen molar-refractivity contribution in [2.75, 3.05) is 5.32 Å². The molecule has 1 amide bonds. The number of rotatable bonds is 3. The molecule has 0 atom stereocenters. The molecule has 0 bridgehead atoms. The largest absolute Gasteiger partial charge is 0.443 e. The summed E-state index contributed by atoms with van der Waals surface area (Å²) in [6, 6.07) is 9.41. The van der Waals surface area contributed by atoms with Gasteiger partial charge in [0.1, 0.15) is 0 Å². The monoisotopic (exact) mass is 299 g/mol. The number of aryl methyl sites for hydroxylation is 2. The van der Waals surface area contributed by atoms with Crippen molar-refractivity contribution in [1.29, 1.82) is 0 Å². The first-order valence-corrected chi connectivity index (χ1v) is 7.21. The minimum Gasteiger partial charge on any atom is -0.443 e. The molecular weight excluding hydrogens is 286 g/mol. The highest BCUT2D eigenvalue weighted by Gasteiger charge is 2.19. The Balaban J connectivity index is 1.88. The minimum absolute atomic E-state index is 0.256. The maximum Gasteiger partial charge on any atom is 0.280 e. The van der Waals surface area contributed by atoms with E-state index >= 15 is 0 Å². The molecule has 21 heavy (non-hydrogen) atoms. The van der Waals surface area contributed by atoms with Gasteiger partial charge >= 0.3 is 0 Å². The van der Waals surface area contributed by atoms with Gasteiger partial charge in [0, 0.05) is 10.4 Å². The van der Waals surface area contributed by atoms with Gasteiger partial charge in [-0.2, -0.15) is 0 Å². The first kappa shape index (κ1) is 13.5. The number of carbonyl (C=O) groups is 1. The number of anilines is 1. The van der Waals surface area contributed by atoms with Crippen LogP contribution in [0.3, 0.4) is 0 Å². The molecule has 0 aliphatic rings. The van der Waals surface area contributed by atoms with Crippen LogP contribution in [0.2, 0.25) is 0 Å². The molecule has 3 rings (SSSR count). The highest BCUT2D eigenvalue weighted by atomic mass is 32.1. The lowest BCUT2D eigenvalue weighted by atomic mass is 10.1. The molecule has 5 nitrogen and oxygen atoms in total. The Morgan fingerprint density at radius 1 is 1.24 bits per heavy atom. The third-order valence-electron chi connectivity index (χ3n) is 3.07. The summed E-state index contributed by atoms with van der Waals surface area (Å²) in [6.45, 7) is 3.88. The van der Waals surface area contributed by atoms with Gasteiger partial charge in [0.05, 0.1) is 5.69 Å². The number of nitrogens with one attached hydrogen (secondary N) is 1. The molecule has 2 heterocycles. The molecule has 1 aromatic carbocycles. The van der Waals surface area contributed by atoms with Crippen LogP contribution in [0, 0.1) is 13.8 Å². The molecule has 1 N–H and O–H groups in total. The van der Waals surface area contributed by atoms with Crippen LogP contribution in [-0.4, -0.2) is 15.9 Å². The molecule has 106 valence electrons. The fourth-order valence-corrected chi connectivity index (χ4v) is 2.69. The van der Waals surface area contributed by atoms with Gasteiger partial charge in [-0.1, -0.05) is 30.3 Å². The quantitative estimate of drug-likeness (QED) is 0.801. The number of carbonyl (C=O) groups excluding carboxylic acids is 1. The van der Waals surface area contributed by atoms with Crippen LogP contribution in [0.1, 0.15) is 21.1 Å². The van der Waals surface area contributed by atoms with Crippen molar-refractivity contribution in [3.63, 3.8) is 0 Å². The van der Waals surface area contributed by atoms with E-state index in [0.29, 0.717) is 10.9 Å². The van der Waals surface area contributed by atoms with Crippen LogP contribution < -0.4 is 5.32 Å². The number of benzene rings is 1. The summed E-state index contributed by atoms with van der Waals surface area (Å²) in [5.41, 5.74) is 1.98. The Morgan fingerprint density at radius 2 is 2.00 bits per heavy atom. The summed E-state index contributed by atoms with van der Waals surface area (Å²) < 4.78 is 5.35. The van der Waals surface area contributed by atoms with E-state index < -0.39 is 0 Å². The number of amides is 1. The van der Waals surface area contributed by atoms with Gasteiger partial charge in [-0.15, -0.1) is 11.3 Å². The summed E-state index contributed by atoms with van der Waals surface area (Å²) in [7, 11) is 0. The molecule has 0 fully saturated rings. The normalized spacial score (nSPS) is 10.6. The SMILES string of the molecule is Cc1nc(NC(=O)c2ncoc2-c2ccccc2)sc1C. The van der Waals surface area contributed by atoms with Crippen molar-refractivity contribution in [3.8, 4) is 11.3 Å². The maximum atomic E-state index is 12.3. The molecule has 0 aliphatic carbocycles. The second-order valence-electron chi connectivity index (χ2n) is 4.51. The molecule has 0 radical (unpaired) electrons. The fraction of sp³-hybridized carbons (Fsp3) is 0.133. The van der Waals surface area contributed by atoms with Crippen molar-refractivity contribution >= 4 is 22.4 Å². The first-order valence-electron chi connectivity index (χ1n) is 6.39. The van der Waals surface area contributed by atoms with Crippen molar-refractivity contribution in [2.24, 2.45) is 0 Å². The predicted octanol–water partition coefficient (Wildman–Crippen LogP) is 3.67. The Labute approximate surface area is 125 Å². The van der Waals surface area contributed by atoms with E-state index in [0.717, 1.165) is 16.1 Å². The zero-order valence-electron chi connectivity index (χ0n) is 11.6. The van der Waals surface area contributed by atoms with E-state index in [2.05, 4.69) is 15.3 Å². The lowest BCUT2D eigenvalue weighted by molar-refractivity contribution is 0.102. The van der Waals surface area contributed by atoms with Crippen molar-refractivity contribution in [3.05, 3.63) is 53.0 Å². The van der Waals surface area contributed by atoms with Gasteiger partial charge in [0.25, 0.3) is 5.91 Å². The molecule has 3 aromatic rings. The zero-order chi connectivity index (χ0) is 14.8. The van der Waals surface area contributed by atoms with Gasteiger partial charge < -0.3 is 4.42 Å². The van der Waals surface area contributed by atoms with Crippen LogP contribution >= 0.6 is 11.3 Å². The Hall–Kier alpha value is -2.47. The van der Waals surface area contributed by atoms with E-state index in [1.165, 1.54) is 17.7 Å². The summed E-state index contributed by atoms with van der Waals surface area (Å²) in [5.74, 6) is 0.134. The van der Waals surface area contributed by atoms with E-state index in [1.54, 1.807) is 0 Å². The Bertz CT molecular complexity index is 758. The average Bonchev–Trinajstić information content (AvgIpc) is 3.07. The lowest BCUT2D eigenvalue weighted by Gasteiger charge is -2.01. The van der Waals surface area contributed by atoms with Crippen LogP contribution in [-0.2, 0) is 0 Å². The van der Waals surface area contributed by atoms with Gasteiger partial charge in [0.2, 0.25) is 0 Å². The number of oxazole rings is 1. The molecule has 6 heteroatoms. The molecule has 0 saturated heterocycles. The van der Waals surface area contributed by atoms with Gasteiger partial charge in [0.15, 0.2) is 23.0 Å². The van der Waals surface area contributed by atoms with Gasteiger partial charge in [-0.05, 0) is 13.8 Å². The molecule has 2 aromatic heterocycles. The minimum atomic E-state index is -0.323. The maximum absolute atomic E-state index is 12.3. The van der Waals surface area contributed by atoms with Crippen LogP contribution in [0.5, 0.6) is 0 Å².